The van der Waals surface area contributed by atoms with Crippen molar-refractivity contribution in [3.63, 3.8) is 0 Å². The minimum absolute atomic E-state index is 0.0267. The van der Waals surface area contributed by atoms with Gasteiger partial charge >= 0.3 is 0 Å². The van der Waals surface area contributed by atoms with Crippen molar-refractivity contribution < 1.29 is 10.2 Å². The van der Waals surface area contributed by atoms with Crippen molar-refractivity contribution >= 4 is 23.7 Å². The molecule has 0 radical (unpaired) electrons. The summed E-state index contributed by atoms with van der Waals surface area (Å²) in [5.74, 6) is -0.0534. The number of hydrogen-bond donors (Lipinski definition) is 2. The third-order valence-electron chi connectivity index (χ3n) is 3.22. The van der Waals surface area contributed by atoms with Gasteiger partial charge < -0.3 is 10.2 Å². The highest BCUT2D eigenvalue weighted by atomic mass is 16.3. The quantitative estimate of drug-likeness (QED) is 0.711. The lowest BCUT2D eigenvalue weighted by Crippen LogP contribution is -1.95. The zero-order valence-electron chi connectivity index (χ0n) is 12.7. The predicted molar refractivity (Wildman–Crippen MR) is 93.7 cm³/mol. The van der Waals surface area contributed by atoms with Crippen LogP contribution in [0.5, 0.6) is 0 Å². The standard InChI is InChI=1S/C19H15N3O2/c23-18(12-14-6-1-3-10-20-14)16-8-5-9-17(22-16)19(24)13-15-7-2-4-11-21-15/h1-13,23-24H/b18-12-,19-13-. The maximum Gasteiger partial charge on any atom is 0.143 e. The summed E-state index contributed by atoms with van der Waals surface area (Å²) in [6, 6.07) is 15.8. The fourth-order valence-corrected chi connectivity index (χ4v) is 2.07. The maximum atomic E-state index is 10.2. The van der Waals surface area contributed by atoms with Gasteiger partial charge in [0.15, 0.2) is 0 Å². The minimum atomic E-state index is -0.0267. The first-order chi connectivity index (χ1) is 11.7. The van der Waals surface area contributed by atoms with Crippen molar-refractivity contribution in [2.24, 2.45) is 0 Å². The first-order valence-electron chi connectivity index (χ1n) is 7.33. The van der Waals surface area contributed by atoms with E-state index in [2.05, 4.69) is 15.0 Å². The summed E-state index contributed by atoms with van der Waals surface area (Å²) in [5.41, 5.74) is 1.93. The highest BCUT2D eigenvalue weighted by Gasteiger charge is 2.06. The molecule has 0 aliphatic carbocycles. The summed E-state index contributed by atoms with van der Waals surface area (Å²) < 4.78 is 0. The Labute approximate surface area is 139 Å². The molecule has 0 aliphatic heterocycles. The van der Waals surface area contributed by atoms with Crippen LogP contribution < -0.4 is 0 Å². The van der Waals surface area contributed by atoms with Crippen molar-refractivity contribution in [3.8, 4) is 0 Å². The van der Waals surface area contributed by atoms with Crippen LogP contribution >= 0.6 is 0 Å². The molecule has 0 aromatic carbocycles. The Morgan fingerprint density at radius 3 is 1.58 bits per heavy atom. The van der Waals surface area contributed by atoms with E-state index in [0.29, 0.717) is 22.8 Å². The molecule has 118 valence electrons. The highest BCUT2D eigenvalue weighted by molar-refractivity contribution is 5.76. The Bertz CT molecular complexity index is 805. The summed E-state index contributed by atoms with van der Waals surface area (Å²) in [7, 11) is 0. The lowest BCUT2D eigenvalue weighted by molar-refractivity contribution is 0.506. The van der Waals surface area contributed by atoms with E-state index in [1.165, 1.54) is 12.2 Å². The number of aliphatic hydroxyl groups is 2. The Morgan fingerprint density at radius 1 is 0.667 bits per heavy atom. The van der Waals surface area contributed by atoms with Crippen molar-refractivity contribution in [1.82, 2.24) is 15.0 Å². The molecular weight excluding hydrogens is 302 g/mol. The number of aromatic nitrogens is 3. The maximum absolute atomic E-state index is 10.2. The number of hydrogen-bond acceptors (Lipinski definition) is 5. The van der Waals surface area contributed by atoms with E-state index in [1.54, 1.807) is 54.9 Å². The highest BCUT2D eigenvalue weighted by Crippen LogP contribution is 2.17. The van der Waals surface area contributed by atoms with E-state index >= 15 is 0 Å². The molecule has 0 saturated carbocycles. The van der Waals surface area contributed by atoms with Gasteiger partial charge in [-0.2, -0.15) is 0 Å². The first-order valence-corrected chi connectivity index (χ1v) is 7.33. The molecule has 0 fully saturated rings. The van der Waals surface area contributed by atoms with Gasteiger partial charge in [-0.3, -0.25) is 9.97 Å². The molecule has 3 heterocycles. The molecule has 0 amide bonds. The van der Waals surface area contributed by atoms with E-state index in [0.717, 1.165) is 0 Å². The SMILES string of the molecule is O/C(=C\c1ccccn1)c1cccc(/C(O)=C/c2ccccn2)n1. The van der Waals surface area contributed by atoms with Crippen LogP contribution in [0.4, 0.5) is 0 Å². The van der Waals surface area contributed by atoms with Gasteiger partial charge in [-0.15, -0.1) is 0 Å². The molecule has 0 spiro atoms. The van der Waals surface area contributed by atoms with Gasteiger partial charge in [-0.1, -0.05) is 18.2 Å². The van der Waals surface area contributed by atoms with Crippen molar-refractivity contribution in [2.45, 2.75) is 0 Å². The predicted octanol–water partition coefficient (Wildman–Crippen LogP) is 3.98. The minimum Gasteiger partial charge on any atom is -0.506 e. The number of aliphatic hydroxyl groups excluding tert-OH is 2. The van der Waals surface area contributed by atoms with Gasteiger partial charge in [0.25, 0.3) is 0 Å². The molecule has 0 aliphatic rings. The zero-order valence-corrected chi connectivity index (χ0v) is 12.7. The van der Waals surface area contributed by atoms with Crippen LogP contribution in [0.2, 0.25) is 0 Å². The fourth-order valence-electron chi connectivity index (χ4n) is 2.07. The molecule has 3 aromatic rings. The van der Waals surface area contributed by atoms with Crippen LogP contribution in [0.15, 0.2) is 67.0 Å². The normalized spacial score (nSPS) is 12.2. The summed E-state index contributed by atoms with van der Waals surface area (Å²) >= 11 is 0. The lowest BCUT2D eigenvalue weighted by atomic mass is 10.2. The van der Waals surface area contributed by atoms with Crippen LogP contribution in [0.1, 0.15) is 22.8 Å². The molecule has 3 aromatic heterocycles. The Hall–Kier alpha value is -3.47. The van der Waals surface area contributed by atoms with Crippen LogP contribution in [0.3, 0.4) is 0 Å². The van der Waals surface area contributed by atoms with E-state index in [4.69, 9.17) is 0 Å². The average Bonchev–Trinajstić information content (AvgIpc) is 2.63. The molecule has 0 bridgehead atoms. The van der Waals surface area contributed by atoms with Crippen molar-refractivity contribution in [1.29, 1.82) is 0 Å². The lowest BCUT2D eigenvalue weighted by Gasteiger charge is -2.04. The van der Waals surface area contributed by atoms with E-state index in [-0.39, 0.29) is 11.5 Å². The van der Waals surface area contributed by atoms with Crippen LogP contribution in [0.25, 0.3) is 23.7 Å². The molecular formula is C19H15N3O2. The fraction of sp³-hybridized carbons (Fsp3) is 0. The first kappa shape index (κ1) is 15.4. The van der Waals surface area contributed by atoms with Gasteiger partial charge in [0.1, 0.15) is 22.9 Å². The second kappa shape index (κ2) is 7.19. The molecule has 24 heavy (non-hydrogen) atoms. The van der Waals surface area contributed by atoms with Crippen LogP contribution in [0, 0.1) is 0 Å². The van der Waals surface area contributed by atoms with E-state index < -0.39 is 0 Å². The van der Waals surface area contributed by atoms with Crippen LogP contribution in [-0.4, -0.2) is 25.2 Å². The molecule has 3 rings (SSSR count). The van der Waals surface area contributed by atoms with Gasteiger partial charge in [0, 0.05) is 24.5 Å². The second-order valence-corrected chi connectivity index (χ2v) is 4.98. The third-order valence-corrected chi connectivity index (χ3v) is 3.22. The summed E-state index contributed by atoms with van der Waals surface area (Å²) in [5, 5.41) is 20.4. The van der Waals surface area contributed by atoms with Gasteiger partial charge in [-0.25, -0.2) is 4.98 Å². The second-order valence-electron chi connectivity index (χ2n) is 4.98. The van der Waals surface area contributed by atoms with Crippen LogP contribution in [-0.2, 0) is 0 Å². The summed E-state index contributed by atoms with van der Waals surface area (Å²) in [6.07, 6.45) is 6.33. The molecule has 5 heteroatoms. The Morgan fingerprint density at radius 2 is 1.17 bits per heavy atom. The number of rotatable bonds is 4. The smallest absolute Gasteiger partial charge is 0.143 e. The van der Waals surface area contributed by atoms with Gasteiger partial charge in [0.05, 0.1) is 11.4 Å². The molecule has 0 unspecified atom stereocenters. The van der Waals surface area contributed by atoms with Gasteiger partial charge in [-0.05, 0) is 36.4 Å². The van der Waals surface area contributed by atoms with E-state index in [9.17, 15) is 10.2 Å². The third kappa shape index (κ3) is 3.84. The Balaban J connectivity index is 1.89. The van der Waals surface area contributed by atoms with Gasteiger partial charge in [0.2, 0.25) is 0 Å². The molecule has 0 saturated heterocycles. The Kier molecular flexibility index (Phi) is 4.62. The monoisotopic (exact) mass is 317 g/mol. The van der Waals surface area contributed by atoms with E-state index in [1.807, 2.05) is 12.1 Å². The van der Waals surface area contributed by atoms with Crippen molar-refractivity contribution in [3.05, 3.63) is 89.8 Å². The number of pyridine rings is 3. The number of nitrogens with zero attached hydrogens (tertiary/aromatic N) is 3. The summed E-state index contributed by atoms with van der Waals surface area (Å²) in [4.78, 5) is 12.5. The topological polar surface area (TPSA) is 79.1 Å². The average molecular weight is 317 g/mol. The molecule has 2 N–H and O–H groups in total. The molecule has 5 nitrogen and oxygen atoms in total. The molecule has 0 atom stereocenters. The van der Waals surface area contributed by atoms with Crippen molar-refractivity contribution in [2.75, 3.05) is 0 Å². The summed E-state index contributed by atoms with van der Waals surface area (Å²) in [6.45, 7) is 0. The largest absolute Gasteiger partial charge is 0.506 e. The zero-order chi connectivity index (χ0) is 16.8.